The molecule has 1 atom stereocenters. The van der Waals surface area contributed by atoms with E-state index in [2.05, 4.69) is 32.8 Å². The lowest BCUT2D eigenvalue weighted by molar-refractivity contribution is -0.384. The highest BCUT2D eigenvalue weighted by Crippen LogP contribution is 2.23. The number of hydrogen-bond acceptors (Lipinski definition) is 7. The van der Waals surface area contributed by atoms with Gasteiger partial charge in [0.25, 0.3) is 11.6 Å². The van der Waals surface area contributed by atoms with Crippen molar-refractivity contribution in [3.05, 3.63) is 90.4 Å². The summed E-state index contributed by atoms with van der Waals surface area (Å²) in [5.41, 5.74) is 3.93. The standard InChI is InChI=1S/C30H37ClN6O4S/c1-20-16-27(31)34-22(3)28(20)29(38)32-12-8-21(2)35-13-9-25(10-14-35)36(18-24-11-15-42-19-24)30(39)33-17-23-4-6-26(7-5-23)37(40)41/h4-7,11,15-16,19,21,25H,8-10,12-14,17-18H2,1-3H3,(H,32,38)(H,33,39). The Morgan fingerprint density at radius 1 is 1.17 bits per heavy atom. The molecule has 0 radical (unpaired) electrons. The third-order valence-electron chi connectivity index (χ3n) is 7.79. The molecule has 0 spiro atoms. The second-order valence-corrected chi connectivity index (χ2v) is 11.9. The van der Waals surface area contributed by atoms with Gasteiger partial charge in [0.15, 0.2) is 0 Å². The zero-order valence-electron chi connectivity index (χ0n) is 24.1. The van der Waals surface area contributed by atoms with Crippen molar-refractivity contribution in [3.8, 4) is 0 Å². The van der Waals surface area contributed by atoms with Gasteiger partial charge >= 0.3 is 6.03 Å². The summed E-state index contributed by atoms with van der Waals surface area (Å²) in [4.78, 5) is 45.2. The van der Waals surface area contributed by atoms with Gasteiger partial charge in [-0.1, -0.05) is 23.7 Å². The molecular formula is C30H37ClN6O4S. The molecule has 1 saturated heterocycles. The molecule has 12 heteroatoms. The van der Waals surface area contributed by atoms with Crippen LogP contribution in [0.3, 0.4) is 0 Å². The first kappa shape index (κ1) is 31.4. The Hall–Kier alpha value is -3.54. The smallest absolute Gasteiger partial charge is 0.318 e. The predicted molar refractivity (Wildman–Crippen MR) is 165 cm³/mol. The van der Waals surface area contributed by atoms with E-state index in [4.69, 9.17) is 11.6 Å². The molecule has 0 saturated carbocycles. The van der Waals surface area contributed by atoms with Gasteiger partial charge in [-0.3, -0.25) is 14.9 Å². The molecule has 3 heterocycles. The van der Waals surface area contributed by atoms with Gasteiger partial charge in [0.2, 0.25) is 0 Å². The van der Waals surface area contributed by atoms with Gasteiger partial charge in [-0.2, -0.15) is 11.3 Å². The van der Waals surface area contributed by atoms with Gasteiger partial charge in [-0.25, -0.2) is 9.78 Å². The Balaban J connectivity index is 1.28. The van der Waals surface area contributed by atoms with Crippen LogP contribution in [0, 0.1) is 24.0 Å². The monoisotopic (exact) mass is 612 g/mol. The van der Waals surface area contributed by atoms with Crippen molar-refractivity contribution in [2.24, 2.45) is 0 Å². The largest absolute Gasteiger partial charge is 0.352 e. The number of nitro benzene ring substituents is 1. The number of aryl methyl sites for hydroxylation is 2. The van der Waals surface area contributed by atoms with E-state index in [1.165, 1.54) is 12.1 Å². The van der Waals surface area contributed by atoms with Gasteiger partial charge in [-0.05, 0) is 79.6 Å². The number of rotatable bonds is 11. The van der Waals surface area contributed by atoms with Gasteiger partial charge in [0, 0.05) is 56.9 Å². The lowest BCUT2D eigenvalue weighted by Crippen LogP contribution is -2.51. The Kier molecular flexibility index (Phi) is 10.9. The molecule has 0 bridgehead atoms. The molecule has 2 aromatic heterocycles. The van der Waals surface area contributed by atoms with Crippen molar-refractivity contribution < 1.29 is 14.5 Å². The van der Waals surface area contributed by atoms with E-state index in [1.54, 1.807) is 36.5 Å². The highest BCUT2D eigenvalue weighted by molar-refractivity contribution is 7.07. The maximum atomic E-state index is 13.4. The first-order chi connectivity index (χ1) is 20.1. The van der Waals surface area contributed by atoms with Gasteiger partial charge < -0.3 is 20.4 Å². The summed E-state index contributed by atoms with van der Waals surface area (Å²) in [6, 6.07) is 10.2. The predicted octanol–water partition coefficient (Wildman–Crippen LogP) is 5.71. The lowest BCUT2D eigenvalue weighted by Gasteiger charge is -2.40. The van der Waals surface area contributed by atoms with E-state index in [-0.39, 0.29) is 29.7 Å². The number of hydrogen-bond donors (Lipinski definition) is 2. The molecular weight excluding hydrogens is 576 g/mol. The molecule has 3 amide bonds. The number of pyridine rings is 1. The zero-order chi connectivity index (χ0) is 30.2. The maximum absolute atomic E-state index is 13.4. The molecule has 1 aromatic carbocycles. The fraction of sp³-hybridized carbons (Fsp3) is 0.433. The Labute approximate surface area is 255 Å². The van der Waals surface area contributed by atoms with Crippen LogP contribution in [0.5, 0.6) is 0 Å². The number of amides is 3. The molecule has 224 valence electrons. The van der Waals surface area contributed by atoms with E-state index in [0.717, 1.165) is 49.0 Å². The highest BCUT2D eigenvalue weighted by Gasteiger charge is 2.30. The number of likely N-dealkylation sites (tertiary alicyclic amines) is 1. The van der Waals surface area contributed by atoms with E-state index < -0.39 is 4.92 Å². The molecule has 0 aliphatic carbocycles. The third-order valence-corrected chi connectivity index (χ3v) is 8.71. The average molecular weight is 613 g/mol. The molecule has 1 aliphatic rings. The Morgan fingerprint density at radius 3 is 2.50 bits per heavy atom. The second kappa shape index (κ2) is 14.6. The molecule has 1 fully saturated rings. The van der Waals surface area contributed by atoms with E-state index in [9.17, 15) is 19.7 Å². The number of non-ortho nitro benzene ring substituents is 1. The number of nitrogens with one attached hydrogen (secondary N) is 2. The number of nitrogens with zero attached hydrogens (tertiary/aromatic N) is 4. The van der Waals surface area contributed by atoms with E-state index in [1.807, 2.05) is 23.3 Å². The quantitative estimate of drug-likeness (QED) is 0.163. The molecule has 4 rings (SSSR count). The van der Waals surface area contributed by atoms with Crippen LogP contribution >= 0.6 is 22.9 Å². The van der Waals surface area contributed by atoms with Crippen molar-refractivity contribution >= 4 is 40.6 Å². The number of benzene rings is 1. The number of carbonyl (C=O) groups excluding carboxylic acids is 2. The minimum absolute atomic E-state index is 0.0246. The Bertz CT molecular complexity index is 1350. The van der Waals surface area contributed by atoms with Gasteiger partial charge in [0.1, 0.15) is 5.15 Å². The Morgan fingerprint density at radius 2 is 1.88 bits per heavy atom. The SMILES string of the molecule is Cc1cc(Cl)nc(C)c1C(=O)NCCC(C)N1CCC(N(Cc2ccsc2)C(=O)NCc2ccc([N+](=O)[O-])cc2)CC1. The molecule has 1 unspecified atom stereocenters. The number of nitro groups is 1. The first-order valence-corrected chi connectivity index (χ1v) is 15.4. The minimum atomic E-state index is -0.436. The van der Waals surface area contributed by atoms with Crippen molar-refractivity contribution in [1.29, 1.82) is 0 Å². The van der Waals surface area contributed by atoms with Crippen LogP contribution < -0.4 is 10.6 Å². The van der Waals surface area contributed by atoms with Crippen LogP contribution in [-0.2, 0) is 13.1 Å². The molecule has 10 nitrogen and oxygen atoms in total. The summed E-state index contributed by atoms with van der Waals surface area (Å²) in [6.45, 7) is 8.91. The van der Waals surface area contributed by atoms with Crippen LogP contribution in [0.1, 0.15) is 58.9 Å². The molecule has 3 aromatic rings. The summed E-state index contributed by atoms with van der Waals surface area (Å²) in [5.74, 6) is -0.135. The normalized spacial score (nSPS) is 14.8. The second-order valence-electron chi connectivity index (χ2n) is 10.7. The molecule has 42 heavy (non-hydrogen) atoms. The number of urea groups is 1. The van der Waals surface area contributed by atoms with E-state index in [0.29, 0.717) is 36.0 Å². The van der Waals surface area contributed by atoms with Gasteiger partial charge in [-0.15, -0.1) is 0 Å². The summed E-state index contributed by atoms with van der Waals surface area (Å²) in [7, 11) is 0. The number of aromatic nitrogens is 1. The number of piperidine rings is 1. The van der Waals surface area contributed by atoms with Crippen molar-refractivity contribution in [1.82, 2.24) is 25.4 Å². The first-order valence-electron chi connectivity index (χ1n) is 14.1. The number of thiophene rings is 1. The summed E-state index contributed by atoms with van der Waals surface area (Å²) in [6.07, 6.45) is 2.51. The third kappa shape index (κ3) is 8.27. The molecule has 2 N–H and O–H groups in total. The van der Waals surface area contributed by atoms with Crippen LogP contribution in [0.25, 0.3) is 0 Å². The average Bonchev–Trinajstić information content (AvgIpc) is 3.48. The minimum Gasteiger partial charge on any atom is -0.352 e. The topological polar surface area (TPSA) is 121 Å². The summed E-state index contributed by atoms with van der Waals surface area (Å²) < 4.78 is 0. The zero-order valence-corrected chi connectivity index (χ0v) is 25.7. The van der Waals surface area contributed by atoms with Crippen LogP contribution in [0.4, 0.5) is 10.5 Å². The summed E-state index contributed by atoms with van der Waals surface area (Å²) in [5, 5.41) is 21.4. The molecule has 1 aliphatic heterocycles. The fourth-order valence-electron chi connectivity index (χ4n) is 5.39. The van der Waals surface area contributed by atoms with Crippen LogP contribution in [0.15, 0.2) is 47.2 Å². The van der Waals surface area contributed by atoms with Crippen LogP contribution in [0.2, 0.25) is 5.15 Å². The van der Waals surface area contributed by atoms with Crippen molar-refractivity contribution in [3.63, 3.8) is 0 Å². The number of halogens is 1. The summed E-state index contributed by atoms with van der Waals surface area (Å²) >= 11 is 7.61. The fourth-order valence-corrected chi connectivity index (χ4v) is 6.34. The van der Waals surface area contributed by atoms with Crippen molar-refractivity contribution in [2.75, 3.05) is 19.6 Å². The number of carbonyl (C=O) groups is 2. The van der Waals surface area contributed by atoms with Crippen molar-refractivity contribution in [2.45, 2.75) is 65.2 Å². The maximum Gasteiger partial charge on any atom is 0.318 e. The van der Waals surface area contributed by atoms with E-state index >= 15 is 0 Å². The van der Waals surface area contributed by atoms with Gasteiger partial charge in [0.05, 0.1) is 16.2 Å². The lowest BCUT2D eigenvalue weighted by atomic mass is 10.0. The van der Waals surface area contributed by atoms with Crippen LogP contribution in [-0.4, -0.2) is 63.4 Å². The highest BCUT2D eigenvalue weighted by atomic mass is 35.5.